The average molecular weight is 960 g/mol. The highest BCUT2D eigenvalue weighted by Gasteiger charge is 2.63. The first kappa shape index (κ1) is 49.3. The topological polar surface area (TPSA) is 194 Å². The van der Waals surface area contributed by atoms with Gasteiger partial charge in [-0.15, -0.1) is 0 Å². The summed E-state index contributed by atoms with van der Waals surface area (Å²) in [6.07, 6.45) is -3.62. The Morgan fingerprint density at radius 2 is 1.76 bits per heavy atom. The van der Waals surface area contributed by atoms with Crippen molar-refractivity contribution in [2.45, 2.75) is 133 Å². The third-order valence-electron chi connectivity index (χ3n) is 13.2. The Kier molecular flexibility index (Phi) is 13.6. The molecule has 3 aromatic rings. The summed E-state index contributed by atoms with van der Waals surface area (Å²) in [5.41, 5.74) is -4.26. The maximum atomic E-state index is 15.4. The molecule has 1 saturated heterocycles. The monoisotopic (exact) mass is 959 g/mol. The van der Waals surface area contributed by atoms with E-state index in [0.29, 0.717) is 61.6 Å². The number of hydrogen-bond donors (Lipinski definition) is 3. The van der Waals surface area contributed by atoms with Crippen molar-refractivity contribution in [3.8, 4) is 28.6 Å². The van der Waals surface area contributed by atoms with Gasteiger partial charge in [-0.05, 0) is 126 Å². The van der Waals surface area contributed by atoms with Crippen molar-refractivity contribution < 1.29 is 64.5 Å². The largest absolute Gasteiger partial charge is 0.497 e. The standard InChI is InChI=1S/C47H57F4N5O10S/c1-25(2)65-38-17-12-28(20-35(38)48)36-21-29-19-31(64-7)13-16-34(29)41(52-36)66-32-22-37-40(57)53-46(43(59)54-67(62,63)33-14-15-33)23-30(46)11-9-8-10-26(3)18-27(4)39(42(58)55(37)24-32)56(44(60)61)45(5,6)47(49,50)51/h9,11-13,16-17,19-21,25-27,30,32-33,37,39H,8,10,14-15,18,22-24H2,1-7H3,(H,53,57)(H,54,59)(H,60,61)/b11-9-/t26-,27+,30+,32+,37-,39-,46+/m0/s1. The number of benzene rings is 2. The number of carbonyl (C=O) groups is 4. The van der Waals surface area contributed by atoms with Gasteiger partial charge >= 0.3 is 12.3 Å². The molecular weight excluding hydrogens is 903 g/mol. The number of sulfonamides is 1. The molecule has 67 heavy (non-hydrogen) atoms. The summed E-state index contributed by atoms with van der Waals surface area (Å²) >= 11 is 0. The van der Waals surface area contributed by atoms with Crippen molar-refractivity contribution in [2.75, 3.05) is 13.7 Å². The predicted molar refractivity (Wildman–Crippen MR) is 238 cm³/mol. The molecule has 20 heteroatoms. The van der Waals surface area contributed by atoms with Crippen LogP contribution in [0, 0.1) is 23.6 Å². The van der Waals surface area contributed by atoms with Crippen molar-refractivity contribution in [3.05, 3.63) is 60.4 Å². The number of alkyl halides is 3. The number of carbonyl (C=O) groups excluding carboxylic acids is 3. The fourth-order valence-electron chi connectivity index (χ4n) is 9.22. The first-order valence-electron chi connectivity index (χ1n) is 22.4. The zero-order chi connectivity index (χ0) is 49.0. The van der Waals surface area contributed by atoms with Crippen LogP contribution in [0.15, 0.2) is 54.6 Å². The SMILES string of the molecule is COc1ccc2c(O[C@@H]3C[C@H]4C(=O)N[C@]5(C(=O)NS(=O)(=O)C6CC6)C[C@H]5/C=C\CC[C@H](C)C[C@@H](C)[C@H](N(C(=O)O)C(C)(C)C(F)(F)F)C(=O)N4C3)nc(-c3ccc(OC(C)C)c(F)c3)cc2c1. The van der Waals surface area contributed by atoms with Gasteiger partial charge in [-0.3, -0.25) is 24.0 Å². The van der Waals surface area contributed by atoms with Gasteiger partial charge in [0.25, 0.3) is 5.91 Å². The molecule has 2 aromatic carbocycles. The Labute approximate surface area is 386 Å². The van der Waals surface area contributed by atoms with Gasteiger partial charge in [0.2, 0.25) is 27.7 Å². The van der Waals surface area contributed by atoms with E-state index in [-0.39, 0.29) is 53.5 Å². The molecule has 0 radical (unpaired) electrons. The van der Waals surface area contributed by atoms with Crippen LogP contribution in [0.2, 0.25) is 0 Å². The summed E-state index contributed by atoms with van der Waals surface area (Å²) in [7, 11) is -2.60. The minimum absolute atomic E-state index is 0.0148. The van der Waals surface area contributed by atoms with E-state index in [4.69, 9.17) is 19.2 Å². The number of nitrogens with zero attached hydrogens (tertiary/aromatic N) is 3. The van der Waals surface area contributed by atoms with Crippen LogP contribution < -0.4 is 24.2 Å². The number of rotatable bonds is 11. The summed E-state index contributed by atoms with van der Waals surface area (Å²) in [6.45, 7) is 7.74. The molecule has 1 aromatic heterocycles. The molecule has 3 heterocycles. The van der Waals surface area contributed by atoms with Crippen LogP contribution in [0.3, 0.4) is 0 Å². The molecule has 7 rings (SSSR count). The number of allylic oxidation sites excluding steroid dienone is 1. The van der Waals surface area contributed by atoms with E-state index in [0.717, 1.165) is 4.90 Å². The molecule has 364 valence electrons. The van der Waals surface area contributed by atoms with Gasteiger partial charge in [0.15, 0.2) is 11.6 Å². The minimum Gasteiger partial charge on any atom is -0.497 e. The molecule has 0 spiro atoms. The molecule has 2 aliphatic heterocycles. The Balaban J connectivity index is 1.32. The number of methoxy groups -OCH3 is 1. The van der Waals surface area contributed by atoms with Crippen LogP contribution in [0.1, 0.15) is 86.5 Å². The van der Waals surface area contributed by atoms with Crippen LogP contribution in [-0.2, 0) is 24.4 Å². The minimum atomic E-state index is -5.14. The van der Waals surface area contributed by atoms with Crippen LogP contribution in [0.5, 0.6) is 17.4 Å². The summed E-state index contributed by atoms with van der Waals surface area (Å²) in [6, 6.07) is 7.47. The van der Waals surface area contributed by atoms with Crippen LogP contribution in [0.4, 0.5) is 22.4 Å². The highest BCUT2D eigenvalue weighted by molar-refractivity contribution is 7.91. The zero-order valence-electron chi connectivity index (χ0n) is 38.4. The highest BCUT2D eigenvalue weighted by Crippen LogP contribution is 2.47. The molecule has 3 fully saturated rings. The van der Waals surface area contributed by atoms with Gasteiger partial charge in [-0.2, -0.15) is 13.2 Å². The maximum Gasteiger partial charge on any atom is 0.411 e. The number of hydrogen-bond acceptors (Lipinski definition) is 10. The predicted octanol–water partition coefficient (Wildman–Crippen LogP) is 7.37. The van der Waals surface area contributed by atoms with E-state index >= 15 is 9.18 Å². The van der Waals surface area contributed by atoms with Gasteiger partial charge in [0.05, 0.1) is 30.7 Å². The van der Waals surface area contributed by atoms with Gasteiger partial charge < -0.3 is 29.5 Å². The van der Waals surface area contributed by atoms with Crippen LogP contribution >= 0.6 is 0 Å². The molecule has 15 nitrogen and oxygen atoms in total. The quantitative estimate of drug-likeness (QED) is 0.128. The first-order valence-corrected chi connectivity index (χ1v) is 24.0. The summed E-state index contributed by atoms with van der Waals surface area (Å²) < 4.78 is 106. The normalized spacial score (nSPS) is 26.7. The molecule has 2 saturated carbocycles. The zero-order valence-corrected chi connectivity index (χ0v) is 39.2. The number of halogens is 4. The van der Waals surface area contributed by atoms with Crippen LogP contribution in [0.25, 0.3) is 22.0 Å². The maximum absolute atomic E-state index is 15.4. The third-order valence-corrected chi connectivity index (χ3v) is 15.0. The van der Waals surface area contributed by atoms with Crippen molar-refractivity contribution in [3.63, 3.8) is 0 Å². The van der Waals surface area contributed by atoms with Crippen LogP contribution in [-0.4, -0.2) is 113 Å². The van der Waals surface area contributed by atoms with Gasteiger partial charge in [-0.1, -0.05) is 26.0 Å². The van der Waals surface area contributed by atoms with Gasteiger partial charge in [0, 0.05) is 23.3 Å². The van der Waals surface area contributed by atoms with Crippen molar-refractivity contribution in [2.24, 2.45) is 17.8 Å². The second kappa shape index (κ2) is 18.4. The Morgan fingerprint density at radius 3 is 2.39 bits per heavy atom. The number of nitrogens with one attached hydrogen (secondary N) is 2. The molecule has 7 atom stereocenters. The van der Waals surface area contributed by atoms with Crippen molar-refractivity contribution >= 4 is 44.6 Å². The molecule has 4 aliphatic rings. The molecular formula is C47H57F4N5O10S. The second-order valence-corrected chi connectivity index (χ2v) is 21.1. The van der Waals surface area contributed by atoms with E-state index in [1.165, 1.54) is 26.2 Å². The number of amides is 4. The van der Waals surface area contributed by atoms with E-state index < -0.39 is 98.7 Å². The lowest BCUT2D eigenvalue weighted by atomic mass is 9.85. The van der Waals surface area contributed by atoms with Gasteiger partial charge in [-0.25, -0.2) is 22.6 Å². The molecule has 2 aliphatic carbocycles. The fourth-order valence-corrected chi connectivity index (χ4v) is 10.6. The Morgan fingerprint density at radius 1 is 1.04 bits per heavy atom. The van der Waals surface area contributed by atoms with E-state index in [2.05, 4.69) is 10.0 Å². The summed E-state index contributed by atoms with van der Waals surface area (Å²) in [4.78, 5) is 62.9. The molecule has 0 unspecified atom stereocenters. The highest BCUT2D eigenvalue weighted by atomic mass is 32.2. The summed E-state index contributed by atoms with van der Waals surface area (Å²) in [5, 5.41) is 13.5. The lowest BCUT2D eigenvalue weighted by Gasteiger charge is -2.45. The van der Waals surface area contributed by atoms with E-state index in [1.54, 1.807) is 56.3 Å². The third kappa shape index (κ3) is 10.1. The fraction of sp³-hybridized carbons (Fsp3) is 0.553. The van der Waals surface area contributed by atoms with Crippen molar-refractivity contribution in [1.82, 2.24) is 24.8 Å². The van der Waals surface area contributed by atoms with Gasteiger partial charge in [0.1, 0.15) is 35.0 Å². The lowest BCUT2D eigenvalue weighted by Crippen LogP contribution is -2.66. The lowest BCUT2D eigenvalue weighted by molar-refractivity contribution is -0.222. The second-order valence-electron chi connectivity index (χ2n) is 19.1. The molecule has 4 amide bonds. The van der Waals surface area contributed by atoms with Crippen molar-refractivity contribution in [1.29, 1.82) is 0 Å². The smallest absolute Gasteiger partial charge is 0.411 e. The number of ether oxygens (including phenoxy) is 3. The number of fused-ring (bicyclic) bond motifs is 3. The first-order chi connectivity index (χ1) is 31.4. The van der Waals surface area contributed by atoms with E-state index in [9.17, 15) is 41.1 Å². The molecule has 0 bridgehead atoms. The number of carboxylic acid groups (broad SMARTS) is 1. The summed E-state index contributed by atoms with van der Waals surface area (Å²) in [5.74, 6) is -5.07. The number of aromatic nitrogens is 1. The Hall–Kier alpha value is -5.66. The molecule has 3 N–H and O–H groups in total. The average Bonchev–Trinajstić information content (AvgIpc) is 4.17. The number of pyridine rings is 1. The Bertz CT molecular complexity index is 2570. The van der Waals surface area contributed by atoms with E-state index in [1.807, 2.05) is 6.92 Å².